The summed E-state index contributed by atoms with van der Waals surface area (Å²) in [4.78, 5) is 31.5. The number of amides is 2. The summed E-state index contributed by atoms with van der Waals surface area (Å²) >= 11 is 1.03. The molecule has 15 heavy (non-hydrogen) atoms. The van der Waals surface area contributed by atoms with Crippen molar-refractivity contribution in [1.82, 2.24) is 5.32 Å². The van der Waals surface area contributed by atoms with Gasteiger partial charge < -0.3 is 16.2 Å². The monoisotopic (exact) mass is 234 g/mol. The van der Waals surface area contributed by atoms with Crippen LogP contribution in [0.5, 0.6) is 0 Å². The average Bonchev–Trinajstić information content (AvgIpc) is 2.11. The minimum atomic E-state index is -0.943. The van der Waals surface area contributed by atoms with Gasteiger partial charge in [-0.05, 0) is 6.42 Å². The molecular weight excluding hydrogens is 220 g/mol. The first kappa shape index (κ1) is 13.8. The highest BCUT2D eigenvalue weighted by Gasteiger charge is 2.03. The highest BCUT2D eigenvalue weighted by Crippen LogP contribution is 1.98. The van der Waals surface area contributed by atoms with Gasteiger partial charge in [-0.1, -0.05) is 0 Å². The number of nitrogens with one attached hydrogen (secondary N) is 1. The molecule has 0 heterocycles. The number of primary amides is 1. The molecule has 7 heteroatoms. The molecule has 0 aliphatic heterocycles. The minimum Gasteiger partial charge on any atom is -0.481 e. The summed E-state index contributed by atoms with van der Waals surface area (Å²) in [5.41, 5.74) is 4.90. The summed E-state index contributed by atoms with van der Waals surface area (Å²) in [5, 5.41) is 10.8. The molecule has 0 bridgehead atoms. The fourth-order valence-corrected chi connectivity index (χ4v) is 1.34. The van der Waals surface area contributed by atoms with Crippen LogP contribution in [0.15, 0.2) is 0 Å². The Kier molecular flexibility index (Phi) is 7.43. The van der Waals surface area contributed by atoms with Crippen LogP contribution in [0, 0.1) is 0 Å². The van der Waals surface area contributed by atoms with E-state index >= 15 is 0 Å². The summed E-state index contributed by atoms with van der Waals surface area (Å²) in [6.45, 7) is 0.384. The number of rotatable bonds is 8. The molecule has 86 valence electrons. The van der Waals surface area contributed by atoms with E-state index in [0.29, 0.717) is 13.0 Å². The molecule has 6 nitrogen and oxygen atoms in total. The number of carbonyl (C=O) groups is 3. The first-order valence-corrected chi connectivity index (χ1v) is 5.52. The van der Waals surface area contributed by atoms with E-state index in [1.165, 1.54) is 0 Å². The SMILES string of the molecule is NC(=O)CCCNC(=O)CSCC(=O)O. The normalized spacial score (nSPS) is 9.60. The Balaban J connectivity index is 3.33. The first-order chi connectivity index (χ1) is 7.02. The Morgan fingerprint density at radius 1 is 1.27 bits per heavy atom. The van der Waals surface area contributed by atoms with E-state index in [-0.39, 0.29) is 23.8 Å². The van der Waals surface area contributed by atoms with Crippen LogP contribution < -0.4 is 11.1 Å². The molecule has 4 N–H and O–H groups in total. The Morgan fingerprint density at radius 2 is 1.93 bits per heavy atom. The van der Waals surface area contributed by atoms with Crippen LogP contribution in [0.3, 0.4) is 0 Å². The van der Waals surface area contributed by atoms with Crippen molar-refractivity contribution in [2.24, 2.45) is 5.73 Å². The largest absolute Gasteiger partial charge is 0.481 e. The maximum Gasteiger partial charge on any atom is 0.313 e. The molecule has 0 radical (unpaired) electrons. The quantitative estimate of drug-likeness (QED) is 0.476. The number of carboxylic acids is 1. The van der Waals surface area contributed by atoms with Gasteiger partial charge in [-0.3, -0.25) is 14.4 Å². The minimum absolute atomic E-state index is 0.0886. The van der Waals surface area contributed by atoms with Gasteiger partial charge in [0.2, 0.25) is 11.8 Å². The zero-order valence-corrected chi connectivity index (χ0v) is 9.01. The van der Waals surface area contributed by atoms with Crippen LogP contribution in [0.25, 0.3) is 0 Å². The topological polar surface area (TPSA) is 109 Å². The second-order valence-electron chi connectivity index (χ2n) is 2.81. The first-order valence-electron chi connectivity index (χ1n) is 4.37. The van der Waals surface area contributed by atoms with E-state index in [0.717, 1.165) is 11.8 Å². The Bertz CT molecular complexity index is 245. The maximum atomic E-state index is 11.0. The van der Waals surface area contributed by atoms with Gasteiger partial charge in [0.15, 0.2) is 0 Å². The predicted octanol–water partition coefficient (Wildman–Crippen LogP) is -0.814. The summed E-state index contributed by atoms with van der Waals surface area (Å²) in [5.74, 6) is -1.55. The van der Waals surface area contributed by atoms with Gasteiger partial charge in [-0.2, -0.15) is 0 Å². The maximum absolute atomic E-state index is 11.0. The van der Waals surface area contributed by atoms with Crippen molar-refractivity contribution in [3.8, 4) is 0 Å². The predicted molar refractivity (Wildman–Crippen MR) is 56.4 cm³/mol. The van der Waals surface area contributed by atoms with E-state index < -0.39 is 11.9 Å². The second kappa shape index (κ2) is 8.10. The fraction of sp³-hybridized carbons (Fsp3) is 0.625. The van der Waals surface area contributed by atoms with Crippen LogP contribution in [-0.2, 0) is 14.4 Å². The number of carboxylic acid groups (broad SMARTS) is 1. The summed E-state index contributed by atoms with van der Waals surface area (Å²) in [7, 11) is 0. The Hall–Kier alpha value is -1.24. The molecule has 0 aromatic heterocycles. The highest BCUT2D eigenvalue weighted by atomic mass is 32.2. The lowest BCUT2D eigenvalue weighted by Crippen LogP contribution is -2.27. The molecule has 2 amide bonds. The number of nitrogens with two attached hydrogens (primary N) is 1. The van der Waals surface area contributed by atoms with Gasteiger partial charge in [0.1, 0.15) is 0 Å². The molecular formula is C8H14N2O4S. The molecule has 0 atom stereocenters. The summed E-state index contributed by atoms with van der Waals surface area (Å²) in [6, 6.07) is 0. The van der Waals surface area contributed by atoms with E-state index in [2.05, 4.69) is 5.32 Å². The van der Waals surface area contributed by atoms with E-state index in [1.807, 2.05) is 0 Å². The van der Waals surface area contributed by atoms with Crippen LogP contribution >= 0.6 is 11.8 Å². The van der Waals surface area contributed by atoms with Crippen molar-refractivity contribution in [2.45, 2.75) is 12.8 Å². The third kappa shape index (κ3) is 10.7. The number of hydrogen-bond donors (Lipinski definition) is 3. The second-order valence-corrected chi connectivity index (χ2v) is 3.79. The van der Waals surface area contributed by atoms with Crippen molar-refractivity contribution < 1.29 is 19.5 Å². The number of hydrogen-bond acceptors (Lipinski definition) is 4. The van der Waals surface area contributed by atoms with Gasteiger partial charge in [0.25, 0.3) is 0 Å². The van der Waals surface area contributed by atoms with Gasteiger partial charge >= 0.3 is 5.97 Å². The van der Waals surface area contributed by atoms with Crippen molar-refractivity contribution in [2.75, 3.05) is 18.1 Å². The zero-order chi connectivity index (χ0) is 11.7. The number of carbonyl (C=O) groups excluding carboxylic acids is 2. The zero-order valence-electron chi connectivity index (χ0n) is 8.19. The van der Waals surface area contributed by atoms with E-state index in [1.54, 1.807) is 0 Å². The highest BCUT2D eigenvalue weighted by molar-refractivity contribution is 8.00. The third-order valence-corrected chi connectivity index (χ3v) is 2.30. The molecule has 0 fully saturated rings. The summed E-state index contributed by atoms with van der Waals surface area (Å²) < 4.78 is 0. The van der Waals surface area contributed by atoms with Gasteiger partial charge in [0.05, 0.1) is 11.5 Å². The van der Waals surface area contributed by atoms with Crippen LogP contribution in [-0.4, -0.2) is 40.9 Å². The molecule has 0 unspecified atom stereocenters. The average molecular weight is 234 g/mol. The van der Waals surface area contributed by atoms with E-state index in [4.69, 9.17) is 10.8 Å². The molecule has 0 spiro atoms. The molecule has 0 saturated heterocycles. The lowest BCUT2D eigenvalue weighted by atomic mass is 10.3. The lowest BCUT2D eigenvalue weighted by molar-refractivity contribution is -0.133. The standard InChI is InChI=1S/C8H14N2O4S/c9-6(11)2-1-3-10-7(12)4-15-5-8(13)14/h1-5H2,(H2,9,11)(H,10,12)(H,13,14). The fourth-order valence-electron chi connectivity index (χ4n) is 0.772. The summed E-state index contributed by atoms with van der Waals surface area (Å²) in [6.07, 6.45) is 0.743. The molecule has 0 aromatic rings. The van der Waals surface area contributed by atoms with Gasteiger partial charge in [-0.15, -0.1) is 11.8 Å². The van der Waals surface area contributed by atoms with E-state index in [9.17, 15) is 14.4 Å². The van der Waals surface area contributed by atoms with Crippen LogP contribution in [0.2, 0.25) is 0 Å². The molecule has 0 aliphatic rings. The van der Waals surface area contributed by atoms with Crippen molar-refractivity contribution >= 4 is 29.5 Å². The van der Waals surface area contributed by atoms with Gasteiger partial charge in [-0.25, -0.2) is 0 Å². The molecule has 0 aliphatic carbocycles. The lowest BCUT2D eigenvalue weighted by Gasteiger charge is -2.02. The molecule has 0 aromatic carbocycles. The molecule has 0 rings (SSSR count). The van der Waals surface area contributed by atoms with Crippen LogP contribution in [0.4, 0.5) is 0 Å². The van der Waals surface area contributed by atoms with Crippen molar-refractivity contribution in [1.29, 1.82) is 0 Å². The van der Waals surface area contributed by atoms with Gasteiger partial charge in [0, 0.05) is 13.0 Å². The number of thioether (sulfide) groups is 1. The molecule has 0 saturated carbocycles. The Morgan fingerprint density at radius 3 is 2.47 bits per heavy atom. The third-order valence-electron chi connectivity index (χ3n) is 1.38. The van der Waals surface area contributed by atoms with Crippen molar-refractivity contribution in [3.63, 3.8) is 0 Å². The number of aliphatic carboxylic acids is 1. The van der Waals surface area contributed by atoms with Crippen molar-refractivity contribution in [3.05, 3.63) is 0 Å². The van der Waals surface area contributed by atoms with Crippen LogP contribution in [0.1, 0.15) is 12.8 Å². The Labute approximate surface area is 91.6 Å². The smallest absolute Gasteiger partial charge is 0.313 e.